The van der Waals surface area contributed by atoms with Crippen molar-refractivity contribution >= 4 is 32.2 Å². The van der Waals surface area contributed by atoms with E-state index < -0.39 is 9.84 Å². The first-order valence-electron chi connectivity index (χ1n) is 10.7. The van der Waals surface area contributed by atoms with Crippen LogP contribution in [0, 0.1) is 0 Å². The zero-order valence-electron chi connectivity index (χ0n) is 18.1. The van der Waals surface area contributed by atoms with Crippen molar-refractivity contribution < 1.29 is 8.42 Å². The lowest BCUT2D eigenvalue weighted by atomic mass is 10.1. The predicted molar refractivity (Wildman–Crippen MR) is 125 cm³/mol. The number of rotatable bonds is 6. The van der Waals surface area contributed by atoms with Gasteiger partial charge in [0.2, 0.25) is 0 Å². The summed E-state index contributed by atoms with van der Waals surface area (Å²) >= 11 is 0. The summed E-state index contributed by atoms with van der Waals surface area (Å²) in [6.45, 7) is 1.71. The Balaban J connectivity index is 1.63. The summed E-state index contributed by atoms with van der Waals surface area (Å²) in [6, 6.07) is 7.52. The smallest absolute Gasteiger partial charge is 0.264 e. The van der Waals surface area contributed by atoms with Crippen LogP contribution in [-0.4, -0.2) is 54.4 Å². The fraction of sp³-hybridized carbons (Fsp3) is 0.409. The fourth-order valence-electron chi connectivity index (χ4n) is 4.00. The van der Waals surface area contributed by atoms with E-state index in [0.29, 0.717) is 39.7 Å². The third-order valence-corrected chi connectivity index (χ3v) is 7.05. The Morgan fingerprint density at radius 2 is 1.94 bits per heavy atom. The van der Waals surface area contributed by atoms with Gasteiger partial charge in [-0.15, -0.1) is 0 Å². The van der Waals surface area contributed by atoms with E-state index in [9.17, 15) is 13.2 Å². The highest BCUT2D eigenvalue weighted by atomic mass is 32.2. The summed E-state index contributed by atoms with van der Waals surface area (Å²) in [5.41, 5.74) is 2.18. The molecule has 3 aromatic rings. The van der Waals surface area contributed by atoms with E-state index in [0.717, 1.165) is 32.4 Å². The average Bonchev–Trinajstić information content (AvgIpc) is 3.42. The van der Waals surface area contributed by atoms with Crippen molar-refractivity contribution in [2.75, 3.05) is 30.0 Å². The minimum Gasteiger partial charge on any atom is -0.380 e. The quantitative estimate of drug-likeness (QED) is 0.516. The summed E-state index contributed by atoms with van der Waals surface area (Å²) in [7, 11) is -1.81. The molecule has 0 radical (unpaired) electrons. The molecule has 0 bridgehead atoms. The first kappa shape index (κ1) is 20.9. The van der Waals surface area contributed by atoms with Gasteiger partial charge >= 0.3 is 0 Å². The van der Waals surface area contributed by atoms with Crippen LogP contribution in [0.15, 0.2) is 40.3 Å². The Kier molecular flexibility index (Phi) is 5.13. The van der Waals surface area contributed by atoms with Crippen LogP contribution >= 0.6 is 0 Å². The molecular formula is C22H26N6O3S. The standard InChI is InChI=1S/C22H26N6O3S/c1-28-12-24-18-10-17(27-21(20(18)22(28)29)26-14-4-5-14)13-3-6-16(19(9-13)32(2,30)31)25-15-7-8-23-11-15/h3,6,9-10,12,14-15,23,25H,4-5,7-8,11H2,1-2H3,(H,26,27). The highest BCUT2D eigenvalue weighted by molar-refractivity contribution is 7.90. The Morgan fingerprint density at radius 1 is 1.12 bits per heavy atom. The summed E-state index contributed by atoms with van der Waals surface area (Å²) < 4.78 is 26.6. The second-order valence-corrected chi connectivity index (χ2v) is 10.6. The van der Waals surface area contributed by atoms with E-state index in [2.05, 4.69) is 20.9 Å². The number of nitrogens with zero attached hydrogens (tertiary/aromatic N) is 3. The van der Waals surface area contributed by atoms with Gasteiger partial charge in [0.25, 0.3) is 5.56 Å². The number of hydrogen-bond donors (Lipinski definition) is 3. The molecule has 3 N–H and O–H groups in total. The van der Waals surface area contributed by atoms with E-state index in [4.69, 9.17) is 4.98 Å². The molecule has 1 unspecified atom stereocenters. The van der Waals surface area contributed by atoms with E-state index in [1.807, 2.05) is 6.07 Å². The molecule has 9 nitrogen and oxygen atoms in total. The molecule has 1 aliphatic heterocycles. The van der Waals surface area contributed by atoms with Gasteiger partial charge in [-0.2, -0.15) is 0 Å². The number of sulfone groups is 1. The number of nitrogens with one attached hydrogen (secondary N) is 3. The highest BCUT2D eigenvalue weighted by Crippen LogP contribution is 2.32. The van der Waals surface area contributed by atoms with Crippen molar-refractivity contribution in [3.63, 3.8) is 0 Å². The van der Waals surface area contributed by atoms with Gasteiger partial charge in [-0.25, -0.2) is 18.4 Å². The second kappa shape index (κ2) is 7.86. The average molecular weight is 455 g/mol. The van der Waals surface area contributed by atoms with Gasteiger partial charge < -0.3 is 20.5 Å². The molecule has 2 aliphatic rings. The van der Waals surface area contributed by atoms with Crippen molar-refractivity contribution in [2.24, 2.45) is 7.05 Å². The number of pyridine rings is 1. The van der Waals surface area contributed by atoms with Crippen LogP contribution in [0.2, 0.25) is 0 Å². The summed E-state index contributed by atoms with van der Waals surface area (Å²) in [5, 5.41) is 10.4. The maximum atomic E-state index is 12.7. The molecule has 5 rings (SSSR count). The van der Waals surface area contributed by atoms with Gasteiger partial charge in [-0.05, 0) is 44.0 Å². The lowest BCUT2D eigenvalue weighted by Crippen LogP contribution is -2.23. The third-order valence-electron chi connectivity index (χ3n) is 5.92. The number of aryl methyl sites for hydroxylation is 1. The van der Waals surface area contributed by atoms with Crippen LogP contribution in [0.3, 0.4) is 0 Å². The topological polar surface area (TPSA) is 118 Å². The van der Waals surface area contributed by atoms with Gasteiger partial charge in [-0.3, -0.25) is 4.79 Å². The third kappa shape index (κ3) is 4.07. The van der Waals surface area contributed by atoms with E-state index in [1.165, 1.54) is 17.2 Å². The van der Waals surface area contributed by atoms with Crippen molar-refractivity contribution in [3.8, 4) is 11.3 Å². The van der Waals surface area contributed by atoms with Gasteiger partial charge in [0.05, 0.1) is 28.1 Å². The summed E-state index contributed by atoms with van der Waals surface area (Å²) in [6.07, 6.45) is 5.70. The molecule has 1 atom stereocenters. The lowest BCUT2D eigenvalue weighted by Gasteiger charge is -2.17. The van der Waals surface area contributed by atoms with E-state index in [-0.39, 0.29) is 16.5 Å². The molecule has 1 aromatic carbocycles. The van der Waals surface area contributed by atoms with Crippen LogP contribution in [0.25, 0.3) is 22.2 Å². The second-order valence-electron chi connectivity index (χ2n) is 8.65. The van der Waals surface area contributed by atoms with Crippen LogP contribution in [0.5, 0.6) is 0 Å². The fourth-order valence-corrected chi connectivity index (χ4v) is 4.87. The molecule has 3 heterocycles. The zero-order chi connectivity index (χ0) is 22.5. The van der Waals surface area contributed by atoms with E-state index in [1.54, 1.807) is 25.2 Å². The summed E-state index contributed by atoms with van der Waals surface area (Å²) in [4.78, 5) is 22.1. The Morgan fingerprint density at radius 3 is 2.62 bits per heavy atom. The molecule has 0 amide bonds. The molecule has 2 fully saturated rings. The van der Waals surface area contributed by atoms with Gasteiger partial charge in [0.15, 0.2) is 9.84 Å². The molecule has 32 heavy (non-hydrogen) atoms. The van der Waals surface area contributed by atoms with Gasteiger partial charge in [0, 0.05) is 37.5 Å². The number of fused-ring (bicyclic) bond motifs is 1. The van der Waals surface area contributed by atoms with Gasteiger partial charge in [0.1, 0.15) is 11.2 Å². The number of benzene rings is 1. The van der Waals surface area contributed by atoms with Crippen LogP contribution in [0.1, 0.15) is 19.3 Å². The van der Waals surface area contributed by atoms with Crippen molar-refractivity contribution in [2.45, 2.75) is 36.2 Å². The number of anilines is 2. The molecular weight excluding hydrogens is 428 g/mol. The molecule has 10 heteroatoms. The van der Waals surface area contributed by atoms with Crippen LogP contribution in [-0.2, 0) is 16.9 Å². The largest absolute Gasteiger partial charge is 0.380 e. The minimum absolute atomic E-state index is 0.168. The Labute approximate surface area is 186 Å². The van der Waals surface area contributed by atoms with Crippen molar-refractivity contribution in [1.29, 1.82) is 0 Å². The normalized spacial score (nSPS) is 18.8. The van der Waals surface area contributed by atoms with E-state index >= 15 is 0 Å². The van der Waals surface area contributed by atoms with Crippen LogP contribution in [0.4, 0.5) is 11.5 Å². The monoisotopic (exact) mass is 454 g/mol. The van der Waals surface area contributed by atoms with Crippen LogP contribution < -0.4 is 21.5 Å². The number of aromatic nitrogens is 3. The minimum atomic E-state index is -3.47. The first-order valence-corrected chi connectivity index (χ1v) is 12.6. The SMILES string of the molecule is Cn1cnc2cc(-c3ccc(NC4CCNC4)c(S(C)(=O)=O)c3)nc(NC3CC3)c2c1=O. The van der Waals surface area contributed by atoms with Crippen molar-refractivity contribution in [1.82, 2.24) is 19.9 Å². The summed E-state index contributed by atoms with van der Waals surface area (Å²) in [5.74, 6) is 0.494. The maximum absolute atomic E-state index is 12.7. The molecule has 1 saturated carbocycles. The Bertz CT molecular complexity index is 1360. The highest BCUT2D eigenvalue weighted by Gasteiger charge is 2.25. The molecule has 1 saturated heterocycles. The molecule has 0 spiro atoms. The predicted octanol–water partition coefficient (Wildman–Crippen LogP) is 1.75. The lowest BCUT2D eigenvalue weighted by molar-refractivity contribution is 0.602. The maximum Gasteiger partial charge on any atom is 0.264 e. The number of hydrogen-bond acceptors (Lipinski definition) is 8. The van der Waals surface area contributed by atoms with Crippen molar-refractivity contribution in [3.05, 3.63) is 40.9 Å². The zero-order valence-corrected chi connectivity index (χ0v) is 18.9. The molecule has 2 aromatic heterocycles. The Hall–Kier alpha value is -2.98. The first-order chi connectivity index (χ1) is 15.3. The van der Waals surface area contributed by atoms with Gasteiger partial charge in [-0.1, -0.05) is 6.07 Å². The molecule has 1 aliphatic carbocycles. The molecule has 168 valence electrons.